The van der Waals surface area contributed by atoms with Crippen LogP contribution in [0.3, 0.4) is 0 Å². The van der Waals surface area contributed by atoms with E-state index in [0.717, 1.165) is 0 Å². The molecular formula is C13H16FN5O. The van der Waals surface area contributed by atoms with Gasteiger partial charge in [-0.25, -0.2) is 4.39 Å². The number of hydrogen-bond acceptors (Lipinski definition) is 6. The predicted octanol–water partition coefficient (Wildman–Crippen LogP) is 1.70. The van der Waals surface area contributed by atoms with Crippen molar-refractivity contribution in [3.63, 3.8) is 0 Å². The molecule has 0 aliphatic heterocycles. The van der Waals surface area contributed by atoms with Crippen molar-refractivity contribution in [3.8, 4) is 6.01 Å². The molecule has 2 rings (SSSR count). The van der Waals surface area contributed by atoms with Crippen molar-refractivity contribution in [3.05, 3.63) is 35.6 Å². The largest absolute Gasteiger partial charge is 0.467 e. The van der Waals surface area contributed by atoms with Crippen molar-refractivity contribution in [2.45, 2.75) is 6.54 Å². The van der Waals surface area contributed by atoms with Gasteiger partial charge >= 0.3 is 6.01 Å². The molecule has 0 unspecified atom stereocenters. The Morgan fingerprint density at radius 2 is 2.00 bits per heavy atom. The van der Waals surface area contributed by atoms with E-state index in [0.29, 0.717) is 24.0 Å². The highest BCUT2D eigenvalue weighted by Crippen LogP contribution is 2.16. The van der Waals surface area contributed by atoms with Crippen LogP contribution in [0.2, 0.25) is 0 Å². The molecule has 0 saturated carbocycles. The second kappa shape index (κ2) is 6.14. The first-order chi connectivity index (χ1) is 9.63. The highest BCUT2D eigenvalue weighted by Gasteiger charge is 2.12. The number of hydrogen-bond donors (Lipinski definition) is 1. The fourth-order valence-electron chi connectivity index (χ4n) is 1.67. The fourth-order valence-corrected chi connectivity index (χ4v) is 1.67. The normalized spacial score (nSPS) is 10.2. The average Bonchev–Trinajstić information content (AvgIpc) is 2.48. The topological polar surface area (TPSA) is 63.2 Å². The van der Waals surface area contributed by atoms with Gasteiger partial charge in [0, 0.05) is 26.2 Å². The van der Waals surface area contributed by atoms with Gasteiger partial charge in [0.1, 0.15) is 5.82 Å². The second-order valence-corrected chi connectivity index (χ2v) is 4.14. The number of anilines is 2. The molecule has 0 spiro atoms. The van der Waals surface area contributed by atoms with Crippen LogP contribution in [0.15, 0.2) is 24.3 Å². The molecule has 0 amide bonds. The number of nitrogens with one attached hydrogen (secondary N) is 1. The minimum absolute atomic E-state index is 0.208. The van der Waals surface area contributed by atoms with Gasteiger partial charge in [-0.1, -0.05) is 18.2 Å². The van der Waals surface area contributed by atoms with Gasteiger partial charge in [-0.05, 0) is 6.07 Å². The first-order valence-electron chi connectivity index (χ1n) is 6.06. The van der Waals surface area contributed by atoms with Crippen molar-refractivity contribution in [2.24, 2.45) is 0 Å². The predicted molar refractivity (Wildman–Crippen MR) is 74.4 cm³/mol. The van der Waals surface area contributed by atoms with Crippen LogP contribution >= 0.6 is 0 Å². The van der Waals surface area contributed by atoms with Gasteiger partial charge in [-0.3, -0.25) is 0 Å². The standard InChI is InChI=1S/C13H16FN5O/c1-15-11-16-12(18-13(17-11)20-3)19(2)8-9-6-4-5-7-10(9)14/h4-7H,8H2,1-3H3,(H,15,16,17,18). The summed E-state index contributed by atoms with van der Waals surface area (Å²) in [5.41, 5.74) is 0.570. The second-order valence-electron chi connectivity index (χ2n) is 4.14. The molecule has 0 atom stereocenters. The number of ether oxygens (including phenoxy) is 1. The lowest BCUT2D eigenvalue weighted by molar-refractivity contribution is 0.379. The lowest BCUT2D eigenvalue weighted by Gasteiger charge is -2.18. The molecule has 0 radical (unpaired) electrons. The zero-order valence-corrected chi connectivity index (χ0v) is 11.6. The lowest BCUT2D eigenvalue weighted by atomic mass is 10.2. The molecule has 1 heterocycles. The molecule has 2 aromatic rings. The van der Waals surface area contributed by atoms with Gasteiger partial charge < -0.3 is 15.0 Å². The third-order valence-corrected chi connectivity index (χ3v) is 2.72. The van der Waals surface area contributed by atoms with Gasteiger partial charge in [-0.2, -0.15) is 15.0 Å². The molecule has 0 saturated heterocycles. The lowest BCUT2D eigenvalue weighted by Crippen LogP contribution is -2.21. The quantitative estimate of drug-likeness (QED) is 0.897. The highest BCUT2D eigenvalue weighted by atomic mass is 19.1. The molecule has 106 valence electrons. The van der Waals surface area contributed by atoms with Crippen LogP contribution in [-0.4, -0.2) is 36.2 Å². The van der Waals surface area contributed by atoms with Crippen LogP contribution in [0.25, 0.3) is 0 Å². The van der Waals surface area contributed by atoms with E-state index < -0.39 is 0 Å². The maximum atomic E-state index is 13.6. The third-order valence-electron chi connectivity index (χ3n) is 2.72. The molecule has 0 aliphatic rings. The Morgan fingerprint density at radius 1 is 1.25 bits per heavy atom. The van der Waals surface area contributed by atoms with E-state index in [4.69, 9.17) is 4.74 Å². The van der Waals surface area contributed by atoms with Crippen molar-refractivity contribution >= 4 is 11.9 Å². The molecule has 7 heteroatoms. The number of benzene rings is 1. The van der Waals surface area contributed by atoms with Crippen molar-refractivity contribution in [1.29, 1.82) is 0 Å². The van der Waals surface area contributed by atoms with E-state index in [-0.39, 0.29) is 11.8 Å². The summed E-state index contributed by atoms with van der Waals surface area (Å²) >= 11 is 0. The van der Waals surface area contributed by atoms with E-state index in [9.17, 15) is 4.39 Å². The van der Waals surface area contributed by atoms with E-state index in [1.165, 1.54) is 13.2 Å². The SMILES string of the molecule is CNc1nc(OC)nc(N(C)Cc2ccccc2F)n1. The van der Waals surface area contributed by atoms with Gasteiger partial charge in [0.15, 0.2) is 0 Å². The zero-order chi connectivity index (χ0) is 14.5. The molecule has 0 bridgehead atoms. The monoisotopic (exact) mass is 277 g/mol. The van der Waals surface area contributed by atoms with Crippen LogP contribution in [0.4, 0.5) is 16.3 Å². The van der Waals surface area contributed by atoms with E-state index >= 15 is 0 Å². The summed E-state index contributed by atoms with van der Waals surface area (Å²) in [6.07, 6.45) is 0. The summed E-state index contributed by atoms with van der Waals surface area (Å²) in [6, 6.07) is 6.81. The Hall–Kier alpha value is -2.44. The van der Waals surface area contributed by atoms with Crippen molar-refractivity contribution in [2.75, 3.05) is 31.4 Å². The molecule has 0 fully saturated rings. The summed E-state index contributed by atoms with van der Waals surface area (Å²) in [7, 11) is 4.96. The molecular weight excluding hydrogens is 261 g/mol. The van der Waals surface area contributed by atoms with Gasteiger partial charge in [-0.15, -0.1) is 0 Å². The summed E-state index contributed by atoms with van der Waals surface area (Å²) in [5, 5.41) is 2.83. The first kappa shape index (κ1) is 14.0. The molecule has 0 aliphatic carbocycles. The van der Waals surface area contributed by atoms with Gasteiger partial charge in [0.25, 0.3) is 0 Å². The Bertz CT molecular complexity index is 570. The summed E-state index contributed by atoms with van der Waals surface area (Å²) in [4.78, 5) is 14.1. The summed E-state index contributed by atoms with van der Waals surface area (Å²) in [6.45, 7) is 0.350. The Morgan fingerprint density at radius 3 is 2.65 bits per heavy atom. The minimum atomic E-state index is -0.255. The summed E-state index contributed by atoms with van der Waals surface area (Å²) < 4.78 is 18.7. The molecule has 1 aromatic heterocycles. The number of methoxy groups -OCH3 is 1. The maximum absolute atomic E-state index is 13.6. The van der Waals surface area contributed by atoms with Crippen LogP contribution in [0.5, 0.6) is 6.01 Å². The minimum Gasteiger partial charge on any atom is -0.467 e. The Balaban J connectivity index is 2.24. The average molecular weight is 277 g/mol. The molecule has 1 aromatic carbocycles. The highest BCUT2D eigenvalue weighted by molar-refractivity contribution is 5.38. The number of halogens is 1. The maximum Gasteiger partial charge on any atom is 0.322 e. The van der Waals surface area contributed by atoms with E-state index in [1.54, 1.807) is 37.2 Å². The number of aromatic nitrogens is 3. The van der Waals surface area contributed by atoms with Crippen LogP contribution in [0, 0.1) is 5.82 Å². The Kier molecular flexibility index (Phi) is 4.29. The number of rotatable bonds is 5. The number of nitrogens with zero attached hydrogens (tertiary/aromatic N) is 4. The van der Waals surface area contributed by atoms with E-state index in [2.05, 4.69) is 20.3 Å². The first-order valence-corrected chi connectivity index (χ1v) is 6.06. The molecule has 1 N–H and O–H groups in total. The van der Waals surface area contributed by atoms with Crippen LogP contribution in [-0.2, 0) is 6.54 Å². The zero-order valence-electron chi connectivity index (χ0n) is 11.6. The van der Waals surface area contributed by atoms with Crippen molar-refractivity contribution in [1.82, 2.24) is 15.0 Å². The van der Waals surface area contributed by atoms with Crippen LogP contribution < -0.4 is 15.0 Å². The fraction of sp³-hybridized carbons (Fsp3) is 0.308. The van der Waals surface area contributed by atoms with Crippen molar-refractivity contribution < 1.29 is 9.13 Å². The molecule has 6 nitrogen and oxygen atoms in total. The smallest absolute Gasteiger partial charge is 0.322 e. The van der Waals surface area contributed by atoms with Crippen LogP contribution in [0.1, 0.15) is 5.56 Å². The Labute approximate surface area is 116 Å². The molecule has 20 heavy (non-hydrogen) atoms. The van der Waals surface area contributed by atoms with E-state index in [1.807, 2.05) is 0 Å². The van der Waals surface area contributed by atoms with Gasteiger partial charge in [0.05, 0.1) is 7.11 Å². The summed E-state index contributed by atoms with van der Waals surface area (Å²) in [5.74, 6) is 0.547. The third kappa shape index (κ3) is 3.11. The van der Waals surface area contributed by atoms with Gasteiger partial charge in [0.2, 0.25) is 11.9 Å².